The van der Waals surface area contributed by atoms with Crippen molar-refractivity contribution in [1.29, 1.82) is 0 Å². The fourth-order valence-electron chi connectivity index (χ4n) is 1.70. The minimum absolute atomic E-state index is 0.0893. The maximum Gasteiger partial charge on any atom is 0.250 e. The highest BCUT2D eigenvalue weighted by atomic mass is 79.9. The summed E-state index contributed by atoms with van der Waals surface area (Å²) in [5.41, 5.74) is -0.151. The first-order valence-corrected chi connectivity index (χ1v) is 7.60. The van der Waals surface area contributed by atoms with E-state index < -0.39 is 0 Å². The molecule has 0 saturated carbocycles. The summed E-state index contributed by atoms with van der Waals surface area (Å²) in [7, 11) is 0. The maximum atomic E-state index is 11.6. The summed E-state index contributed by atoms with van der Waals surface area (Å²) in [6.07, 6.45) is 2.09. The van der Waals surface area contributed by atoms with Gasteiger partial charge in [0.05, 0.1) is 0 Å². The molecule has 2 N–H and O–H groups in total. The highest BCUT2D eigenvalue weighted by molar-refractivity contribution is 9.10. The van der Waals surface area contributed by atoms with E-state index in [0.717, 1.165) is 4.47 Å². The number of carbonyl (C=O) groups excluding carboxylic acids is 2. The monoisotopic (exact) mass is 357 g/mol. The van der Waals surface area contributed by atoms with Gasteiger partial charge in [-0.2, -0.15) is 0 Å². The van der Waals surface area contributed by atoms with Gasteiger partial charge in [0.1, 0.15) is 0 Å². The lowest BCUT2D eigenvalue weighted by atomic mass is 10.3. The number of pyridine rings is 1. The first kappa shape index (κ1) is 17.4. The molecule has 0 unspecified atom stereocenters. The quantitative estimate of drug-likeness (QED) is 0.764. The smallest absolute Gasteiger partial charge is 0.250 e. The fraction of sp³-hybridized carbons (Fsp3) is 0.500. The Morgan fingerprint density at radius 2 is 1.95 bits per heavy atom. The Morgan fingerprint density at radius 1 is 1.24 bits per heavy atom. The van der Waals surface area contributed by atoms with Gasteiger partial charge in [-0.3, -0.25) is 14.4 Å². The molecule has 0 spiro atoms. The molecule has 1 heterocycles. The predicted octanol–water partition coefficient (Wildman–Crippen LogP) is 1.03. The molecule has 0 radical (unpaired) electrons. The Bertz CT molecular complexity index is 555. The first-order valence-electron chi connectivity index (χ1n) is 6.80. The van der Waals surface area contributed by atoms with Crippen molar-refractivity contribution in [2.75, 3.05) is 6.54 Å². The zero-order chi connectivity index (χ0) is 15.8. The van der Waals surface area contributed by atoms with Crippen LogP contribution in [0.2, 0.25) is 0 Å². The van der Waals surface area contributed by atoms with E-state index >= 15 is 0 Å². The van der Waals surface area contributed by atoms with E-state index in [1.165, 1.54) is 10.6 Å². The van der Waals surface area contributed by atoms with E-state index in [-0.39, 0.29) is 36.3 Å². The van der Waals surface area contributed by atoms with Crippen LogP contribution < -0.4 is 16.2 Å². The molecule has 0 fully saturated rings. The van der Waals surface area contributed by atoms with Gasteiger partial charge in [-0.05, 0) is 35.8 Å². The molecule has 0 saturated heterocycles. The van der Waals surface area contributed by atoms with Crippen LogP contribution in [0, 0.1) is 0 Å². The summed E-state index contributed by atoms with van der Waals surface area (Å²) in [4.78, 5) is 34.6. The number of carbonyl (C=O) groups is 2. The van der Waals surface area contributed by atoms with Crippen LogP contribution in [-0.2, 0) is 16.1 Å². The summed E-state index contributed by atoms with van der Waals surface area (Å²) in [6, 6.07) is 3.20. The molecule has 0 aliphatic rings. The topological polar surface area (TPSA) is 80.2 Å². The molecule has 0 aliphatic heterocycles. The molecule has 1 aromatic heterocycles. The van der Waals surface area contributed by atoms with Crippen molar-refractivity contribution < 1.29 is 9.59 Å². The summed E-state index contributed by atoms with van der Waals surface area (Å²) in [5, 5.41) is 5.41. The second-order valence-corrected chi connectivity index (χ2v) is 5.87. The van der Waals surface area contributed by atoms with Gasteiger partial charge in [0.25, 0.3) is 5.56 Å². The van der Waals surface area contributed by atoms with Crippen molar-refractivity contribution >= 4 is 27.7 Å². The second kappa shape index (κ2) is 8.61. The van der Waals surface area contributed by atoms with E-state index in [1.807, 2.05) is 13.8 Å². The SMILES string of the molecule is CC(C)NC(=O)CCNC(=O)CCn1cc(Br)ccc1=O. The zero-order valence-corrected chi connectivity index (χ0v) is 13.8. The molecule has 116 valence electrons. The van der Waals surface area contributed by atoms with Crippen molar-refractivity contribution in [3.8, 4) is 0 Å². The third-order valence-corrected chi connectivity index (χ3v) is 3.12. The van der Waals surface area contributed by atoms with Crippen molar-refractivity contribution in [2.45, 2.75) is 39.3 Å². The molecule has 0 aliphatic carbocycles. The van der Waals surface area contributed by atoms with Crippen molar-refractivity contribution in [2.24, 2.45) is 0 Å². The molecule has 1 rings (SSSR count). The van der Waals surface area contributed by atoms with E-state index in [0.29, 0.717) is 13.1 Å². The molecule has 1 aromatic rings. The van der Waals surface area contributed by atoms with Crippen molar-refractivity contribution in [3.63, 3.8) is 0 Å². The molecular weight excluding hydrogens is 338 g/mol. The average molecular weight is 358 g/mol. The van der Waals surface area contributed by atoms with Gasteiger partial charge in [0.15, 0.2) is 0 Å². The van der Waals surface area contributed by atoms with Crippen LogP contribution in [0.5, 0.6) is 0 Å². The van der Waals surface area contributed by atoms with Crippen LogP contribution in [0.3, 0.4) is 0 Å². The molecule has 2 amide bonds. The van der Waals surface area contributed by atoms with Gasteiger partial charge >= 0.3 is 0 Å². The molecule has 0 atom stereocenters. The van der Waals surface area contributed by atoms with Crippen molar-refractivity contribution in [3.05, 3.63) is 33.2 Å². The van der Waals surface area contributed by atoms with E-state index in [2.05, 4.69) is 26.6 Å². The van der Waals surface area contributed by atoms with Crippen LogP contribution in [0.15, 0.2) is 27.6 Å². The largest absolute Gasteiger partial charge is 0.356 e. The summed E-state index contributed by atoms with van der Waals surface area (Å²) in [5.74, 6) is -0.271. The Hall–Kier alpha value is -1.63. The van der Waals surface area contributed by atoms with Gasteiger partial charge in [-0.15, -0.1) is 0 Å². The van der Waals surface area contributed by atoms with Crippen LogP contribution in [-0.4, -0.2) is 29.0 Å². The highest BCUT2D eigenvalue weighted by Gasteiger charge is 2.06. The van der Waals surface area contributed by atoms with Crippen LogP contribution in [0.25, 0.3) is 0 Å². The Kier molecular flexibility index (Phi) is 7.14. The standard InChI is InChI=1S/C14H20BrN3O3/c1-10(2)17-13(20)5-7-16-12(19)6-8-18-9-11(15)3-4-14(18)21/h3-4,9-10H,5-8H2,1-2H3,(H,16,19)(H,17,20). The van der Waals surface area contributed by atoms with Gasteiger partial charge in [-0.25, -0.2) is 0 Å². The number of nitrogens with one attached hydrogen (secondary N) is 2. The number of nitrogens with zero attached hydrogens (tertiary/aromatic N) is 1. The lowest BCUT2D eigenvalue weighted by Crippen LogP contribution is -2.34. The summed E-state index contributed by atoms with van der Waals surface area (Å²) < 4.78 is 2.25. The van der Waals surface area contributed by atoms with Gasteiger partial charge in [-0.1, -0.05) is 0 Å². The number of rotatable bonds is 7. The highest BCUT2D eigenvalue weighted by Crippen LogP contribution is 2.05. The fourth-order valence-corrected chi connectivity index (χ4v) is 2.08. The Labute approximate surface area is 132 Å². The van der Waals surface area contributed by atoms with E-state index in [9.17, 15) is 14.4 Å². The van der Waals surface area contributed by atoms with Crippen LogP contribution in [0.1, 0.15) is 26.7 Å². The molecule has 0 bridgehead atoms. The van der Waals surface area contributed by atoms with Crippen LogP contribution >= 0.6 is 15.9 Å². The van der Waals surface area contributed by atoms with Gasteiger partial charge < -0.3 is 15.2 Å². The number of aromatic nitrogens is 1. The second-order valence-electron chi connectivity index (χ2n) is 4.95. The molecule has 7 heteroatoms. The lowest BCUT2D eigenvalue weighted by molar-refractivity contribution is -0.122. The van der Waals surface area contributed by atoms with Crippen LogP contribution in [0.4, 0.5) is 0 Å². The number of amides is 2. The minimum atomic E-state index is -0.181. The molecule has 6 nitrogen and oxygen atoms in total. The molecule has 0 aromatic carbocycles. The number of hydrogen-bond acceptors (Lipinski definition) is 3. The normalized spacial score (nSPS) is 10.5. The molecule has 21 heavy (non-hydrogen) atoms. The van der Waals surface area contributed by atoms with E-state index in [1.54, 1.807) is 12.3 Å². The van der Waals surface area contributed by atoms with Gasteiger partial charge in [0, 0.05) is 48.7 Å². The van der Waals surface area contributed by atoms with E-state index in [4.69, 9.17) is 0 Å². The molecular formula is C14H20BrN3O3. The minimum Gasteiger partial charge on any atom is -0.356 e. The lowest BCUT2D eigenvalue weighted by Gasteiger charge is -2.09. The summed E-state index contributed by atoms with van der Waals surface area (Å²) >= 11 is 3.28. The maximum absolute atomic E-state index is 11.6. The van der Waals surface area contributed by atoms with Gasteiger partial charge in [0.2, 0.25) is 11.8 Å². The third kappa shape index (κ3) is 7.08. The third-order valence-electron chi connectivity index (χ3n) is 2.65. The number of hydrogen-bond donors (Lipinski definition) is 2. The first-order chi connectivity index (χ1) is 9.88. The number of aryl methyl sites for hydroxylation is 1. The number of halogens is 1. The van der Waals surface area contributed by atoms with Crippen molar-refractivity contribution in [1.82, 2.24) is 15.2 Å². The Morgan fingerprint density at radius 3 is 2.62 bits per heavy atom. The zero-order valence-electron chi connectivity index (χ0n) is 12.2. The average Bonchev–Trinajstić information content (AvgIpc) is 2.39. The predicted molar refractivity (Wildman–Crippen MR) is 83.9 cm³/mol. The summed E-state index contributed by atoms with van der Waals surface area (Å²) in [6.45, 7) is 4.37. The Balaban J connectivity index is 2.30.